The van der Waals surface area contributed by atoms with Crippen molar-refractivity contribution in [2.24, 2.45) is 5.73 Å². The van der Waals surface area contributed by atoms with E-state index in [4.69, 9.17) is 15.2 Å². The molecule has 116 valence electrons. The maximum Gasteiger partial charge on any atom is 0.251 e. The monoisotopic (exact) mass is 356 g/mol. The first-order valence-corrected chi connectivity index (χ1v) is 7.77. The Bertz CT molecular complexity index is 510. The minimum atomic E-state index is -0.373. The Labute approximate surface area is 133 Å². The molecule has 1 fully saturated rings. The van der Waals surface area contributed by atoms with Crippen LogP contribution in [-0.2, 0) is 16.1 Å². The molecule has 1 heterocycles. The van der Waals surface area contributed by atoms with Crippen molar-refractivity contribution in [2.75, 3.05) is 20.7 Å². The summed E-state index contributed by atoms with van der Waals surface area (Å²) in [5.74, 6) is 0.762. The van der Waals surface area contributed by atoms with Crippen LogP contribution in [0.1, 0.15) is 18.4 Å². The minimum Gasteiger partial charge on any atom is -0.496 e. The fourth-order valence-electron chi connectivity index (χ4n) is 2.51. The number of methoxy groups -OCH3 is 1. The fraction of sp³-hybridized carbons (Fsp3) is 0.533. The number of halogens is 1. The van der Waals surface area contributed by atoms with Crippen molar-refractivity contribution in [1.29, 1.82) is 0 Å². The van der Waals surface area contributed by atoms with Gasteiger partial charge in [0.2, 0.25) is 0 Å². The fourth-order valence-corrected chi connectivity index (χ4v) is 2.92. The van der Waals surface area contributed by atoms with E-state index in [1.165, 1.54) is 0 Å². The van der Waals surface area contributed by atoms with Crippen LogP contribution < -0.4 is 10.5 Å². The first-order chi connectivity index (χ1) is 10.0. The van der Waals surface area contributed by atoms with Crippen LogP contribution in [0, 0.1) is 0 Å². The zero-order valence-corrected chi connectivity index (χ0v) is 13.9. The molecule has 2 atom stereocenters. The van der Waals surface area contributed by atoms with Crippen LogP contribution in [0.2, 0.25) is 0 Å². The highest BCUT2D eigenvalue weighted by atomic mass is 79.9. The summed E-state index contributed by atoms with van der Waals surface area (Å²) >= 11 is 3.44. The second-order valence-corrected chi connectivity index (χ2v) is 6.13. The zero-order chi connectivity index (χ0) is 15.4. The van der Waals surface area contributed by atoms with Gasteiger partial charge in [-0.25, -0.2) is 0 Å². The van der Waals surface area contributed by atoms with Gasteiger partial charge in [-0.05, 0) is 31.0 Å². The van der Waals surface area contributed by atoms with Crippen molar-refractivity contribution in [3.8, 4) is 5.75 Å². The van der Waals surface area contributed by atoms with Gasteiger partial charge < -0.3 is 20.1 Å². The van der Waals surface area contributed by atoms with Gasteiger partial charge in [0, 0.05) is 30.2 Å². The van der Waals surface area contributed by atoms with E-state index in [0.717, 1.165) is 28.6 Å². The summed E-state index contributed by atoms with van der Waals surface area (Å²) in [5, 5.41) is 0. The van der Waals surface area contributed by atoms with Crippen LogP contribution in [0.3, 0.4) is 0 Å². The van der Waals surface area contributed by atoms with E-state index in [0.29, 0.717) is 13.1 Å². The van der Waals surface area contributed by atoms with Crippen LogP contribution in [0.4, 0.5) is 0 Å². The van der Waals surface area contributed by atoms with Crippen LogP contribution in [0.5, 0.6) is 5.75 Å². The highest BCUT2D eigenvalue weighted by Crippen LogP contribution is 2.25. The molecule has 0 bridgehead atoms. The molecule has 1 aliphatic heterocycles. The smallest absolute Gasteiger partial charge is 0.251 e. The standard InChI is InChI=1S/C15H21BrN2O3/c1-18(15(19)14-6-4-12(8-17)21-14)9-10-7-11(16)3-5-13(10)20-2/h3,5,7,12,14H,4,6,8-9,17H2,1-2H3/t12-,14+/m1/s1. The van der Waals surface area contributed by atoms with Crippen LogP contribution in [-0.4, -0.2) is 43.7 Å². The molecular weight excluding hydrogens is 336 g/mol. The third kappa shape index (κ3) is 3.96. The highest BCUT2D eigenvalue weighted by molar-refractivity contribution is 9.10. The molecule has 0 unspecified atom stereocenters. The van der Waals surface area contributed by atoms with Gasteiger partial charge in [0.05, 0.1) is 13.2 Å². The molecule has 1 aromatic carbocycles. The maximum atomic E-state index is 12.4. The van der Waals surface area contributed by atoms with Crippen molar-refractivity contribution in [3.05, 3.63) is 28.2 Å². The SMILES string of the molecule is COc1ccc(Br)cc1CN(C)C(=O)[C@@H]1CC[C@H](CN)O1. The van der Waals surface area contributed by atoms with Gasteiger partial charge in [-0.3, -0.25) is 4.79 Å². The molecule has 5 nitrogen and oxygen atoms in total. The number of ether oxygens (including phenoxy) is 2. The van der Waals surface area contributed by atoms with Gasteiger partial charge in [0.25, 0.3) is 5.91 Å². The van der Waals surface area contributed by atoms with Crippen molar-refractivity contribution in [3.63, 3.8) is 0 Å². The van der Waals surface area contributed by atoms with Crippen molar-refractivity contribution >= 4 is 21.8 Å². The molecule has 1 saturated heterocycles. The molecule has 2 N–H and O–H groups in total. The Balaban J connectivity index is 2.02. The zero-order valence-electron chi connectivity index (χ0n) is 12.3. The van der Waals surface area contributed by atoms with Crippen LogP contribution in [0.15, 0.2) is 22.7 Å². The number of nitrogens with two attached hydrogens (primary N) is 1. The summed E-state index contributed by atoms with van der Waals surface area (Å²) in [4.78, 5) is 14.1. The van der Waals surface area contributed by atoms with E-state index in [1.807, 2.05) is 18.2 Å². The van der Waals surface area contributed by atoms with Gasteiger partial charge in [-0.2, -0.15) is 0 Å². The third-order valence-corrected chi connectivity index (χ3v) is 4.17. The van der Waals surface area contributed by atoms with Crippen LogP contribution in [0.25, 0.3) is 0 Å². The second kappa shape index (κ2) is 7.24. The third-order valence-electron chi connectivity index (χ3n) is 3.67. The number of hydrogen-bond acceptors (Lipinski definition) is 4. The predicted octanol–water partition coefficient (Wildman–Crippen LogP) is 1.92. The Kier molecular flexibility index (Phi) is 5.61. The summed E-state index contributed by atoms with van der Waals surface area (Å²) in [7, 11) is 3.41. The van der Waals surface area contributed by atoms with E-state index >= 15 is 0 Å². The summed E-state index contributed by atoms with van der Waals surface area (Å²) in [6, 6.07) is 5.76. The van der Waals surface area contributed by atoms with Crippen molar-refractivity contribution < 1.29 is 14.3 Å². The Morgan fingerprint density at radius 2 is 2.29 bits per heavy atom. The number of carbonyl (C=O) groups is 1. The number of nitrogens with zero attached hydrogens (tertiary/aromatic N) is 1. The van der Waals surface area contributed by atoms with Gasteiger partial charge in [0.1, 0.15) is 11.9 Å². The molecule has 2 rings (SSSR count). The molecule has 0 radical (unpaired) electrons. The van der Waals surface area contributed by atoms with E-state index in [2.05, 4.69) is 15.9 Å². The molecule has 1 amide bonds. The molecule has 1 aromatic rings. The summed E-state index contributed by atoms with van der Waals surface area (Å²) in [6.07, 6.45) is 1.22. The van der Waals surface area contributed by atoms with E-state index < -0.39 is 0 Å². The average molecular weight is 357 g/mol. The first kappa shape index (κ1) is 16.3. The van der Waals surface area contributed by atoms with Crippen molar-refractivity contribution in [1.82, 2.24) is 4.90 Å². The largest absolute Gasteiger partial charge is 0.496 e. The average Bonchev–Trinajstić information content (AvgIpc) is 2.95. The molecule has 0 aliphatic carbocycles. The lowest BCUT2D eigenvalue weighted by Gasteiger charge is -2.22. The number of hydrogen-bond donors (Lipinski definition) is 1. The van der Waals surface area contributed by atoms with Gasteiger partial charge in [-0.15, -0.1) is 0 Å². The number of likely N-dealkylation sites (N-methyl/N-ethyl adjacent to an activating group) is 1. The summed E-state index contributed by atoms with van der Waals surface area (Å²) < 4.78 is 11.9. The topological polar surface area (TPSA) is 64.8 Å². The first-order valence-electron chi connectivity index (χ1n) is 6.98. The lowest BCUT2D eigenvalue weighted by atomic mass is 10.1. The number of benzene rings is 1. The highest BCUT2D eigenvalue weighted by Gasteiger charge is 2.31. The summed E-state index contributed by atoms with van der Waals surface area (Å²) in [6.45, 7) is 0.946. The Morgan fingerprint density at radius 1 is 1.52 bits per heavy atom. The molecule has 6 heteroatoms. The quantitative estimate of drug-likeness (QED) is 0.875. The molecule has 21 heavy (non-hydrogen) atoms. The summed E-state index contributed by atoms with van der Waals surface area (Å²) in [5.41, 5.74) is 6.53. The van der Waals surface area contributed by atoms with E-state index in [9.17, 15) is 4.79 Å². The maximum absolute atomic E-state index is 12.4. The second-order valence-electron chi connectivity index (χ2n) is 5.21. The molecule has 0 aromatic heterocycles. The molecular formula is C15H21BrN2O3. The molecule has 1 aliphatic rings. The lowest BCUT2D eigenvalue weighted by Crippen LogP contribution is -2.36. The van der Waals surface area contributed by atoms with Crippen molar-refractivity contribution in [2.45, 2.75) is 31.6 Å². The molecule has 0 saturated carbocycles. The number of rotatable bonds is 5. The number of amides is 1. The van der Waals surface area contributed by atoms with Gasteiger partial charge in [0.15, 0.2) is 0 Å². The predicted molar refractivity (Wildman–Crippen MR) is 84.1 cm³/mol. The van der Waals surface area contributed by atoms with E-state index in [-0.39, 0.29) is 18.1 Å². The number of carbonyl (C=O) groups excluding carboxylic acids is 1. The lowest BCUT2D eigenvalue weighted by molar-refractivity contribution is -0.141. The Hall–Kier alpha value is -1.11. The van der Waals surface area contributed by atoms with E-state index in [1.54, 1.807) is 19.1 Å². The normalized spacial score (nSPS) is 21.3. The Morgan fingerprint density at radius 3 is 2.90 bits per heavy atom. The minimum absolute atomic E-state index is 0.00650. The van der Waals surface area contributed by atoms with Gasteiger partial charge in [-0.1, -0.05) is 15.9 Å². The van der Waals surface area contributed by atoms with Gasteiger partial charge >= 0.3 is 0 Å². The molecule has 0 spiro atoms. The van der Waals surface area contributed by atoms with Crippen LogP contribution >= 0.6 is 15.9 Å².